The first kappa shape index (κ1) is 12.6. The minimum Gasteiger partial charge on any atom is -0.429 e. The number of fused-ring (bicyclic) bond motifs is 2. The summed E-state index contributed by atoms with van der Waals surface area (Å²) in [4.78, 5) is 6.86. The number of aromatic nitrogens is 2. The van der Waals surface area contributed by atoms with Crippen LogP contribution in [0, 0.1) is 9.67 Å². The fourth-order valence-corrected chi connectivity index (χ4v) is 2.85. The number of hydrogen-bond acceptors (Lipinski definition) is 4. The monoisotopic (exact) mass is 314 g/mol. The molecule has 4 rings (SSSR count). The lowest BCUT2D eigenvalue weighted by atomic mass is 10.0. The van der Waals surface area contributed by atoms with Crippen LogP contribution in [0.15, 0.2) is 45.2 Å². The van der Waals surface area contributed by atoms with Gasteiger partial charge < -0.3 is 18.8 Å². The van der Waals surface area contributed by atoms with Gasteiger partial charge in [-0.05, 0) is 66.2 Å². The van der Waals surface area contributed by atoms with Crippen LogP contribution in [0.1, 0.15) is 11.1 Å². The quantitative estimate of drug-likeness (QED) is 0.517. The zero-order valence-electron chi connectivity index (χ0n) is 10.8. The van der Waals surface area contributed by atoms with E-state index in [1.54, 1.807) is 0 Å². The molecule has 0 amide bonds. The van der Waals surface area contributed by atoms with Crippen LogP contribution in [0.3, 0.4) is 0 Å². The van der Waals surface area contributed by atoms with Crippen molar-refractivity contribution in [3.05, 3.63) is 57.2 Å². The second-order valence-corrected chi connectivity index (χ2v) is 5.61. The van der Waals surface area contributed by atoms with Gasteiger partial charge in [-0.3, -0.25) is 0 Å². The van der Waals surface area contributed by atoms with Crippen molar-refractivity contribution in [3.63, 3.8) is 0 Å². The third kappa shape index (κ3) is 2.32. The van der Waals surface area contributed by atoms with Crippen LogP contribution in [0.4, 0.5) is 0 Å². The van der Waals surface area contributed by atoms with Gasteiger partial charge in [-0.15, -0.1) is 0 Å². The molecule has 0 fully saturated rings. The molecule has 0 saturated heterocycles. The molecule has 0 unspecified atom stereocenters. The van der Waals surface area contributed by atoms with E-state index in [1.165, 1.54) is 11.1 Å². The Morgan fingerprint density at radius 2 is 1.24 bits per heavy atom. The fraction of sp³-hybridized carbons (Fsp3) is 0.0667. The molecule has 104 valence electrons. The van der Waals surface area contributed by atoms with E-state index in [2.05, 4.69) is 22.1 Å². The van der Waals surface area contributed by atoms with E-state index in [0.717, 1.165) is 28.6 Å². The molecule has 2 N–H and O–H groups in total. The van der Waals surface area contributed by atoms with Gasteiger partial charge in [0.1, 0.15) is 0 Å². The van der Waals surface area contributed by atoms with E-state index in [9.17, 15) is 0 Å². The van der Waals surface area contributed by atoms with Crippen molar-refractivity contribution in [1.29, 1.82) is 0 Å². The highest BCUT2D eigenvalue weighted by Gasteiger charge is 2.04. The molecule has 0 spiro atoms. The second-order valence-electron chi connectivity index (χ2n) is 4.87. The highest BCUT2D eigenvalue weighted by Crippen LogP contribution is 2.20. The standard InChI is InChI=1S/C15H10N2O2S2/c20-14-16-10-6-8(1-3-12(10)18-14)5-9-2-4-13-11(7-9)17-15(21)19-13/h1-4,6-7H,5H2,(H,16,20)(H,17,21). The molecule has 2 aromatic carbocycles. The molecule has 0 aliphatic rings. The number of H-pyrrole nitrogens is 2. The molecule has 6 heteroatoms. The summed E-state index contributed by atoms with van der Waals surface area (Å²) in [6.07, 6.45) is 0.809. The number of benzene rings is 2. The van der Waals surface area contributed by atoms with Crippen molar-refractivity contribution < 1.29 is 8.83 Å². The maximum atomic E-state index is 5.36. The minimum atomic E-state index is 0.398. The summed E-state index contributed by atoms with van der Waals surface area (Å²) >= 11 is 9.99. The molecule has 0 atom stereocenters. The van der Waals surface area contributed by atoms with E-state index < -0.39 is 0 Å². The highest BCUT2D eigenvalue weighted by molar-refractivity contribution is 7.71. The largest absolute Gasteiger partial charge is 0.429 e. The van der Waals surface area contributed by atoms with Crippen LogP contribution in [-0.2, 0) is 6.42 Å². The van der Waals surface area contributed by atoms with Gasteiger partial charge >= 0.3 is 0 Å². The summed E-state index contributed by atoms with van der Waals surface area (Å²) in [6.45, 7) is 0. The molecule has 4 nitrogen and oxygen atoms in total. The van der Waals surface area contributed by atoms with Gasteiger partial charge in [-0.25, -0.2) is 0 Å². The number of oxazole rings is 2. The zero-order chi connectivity index (χ0) is 14.4. The first-order valence-corrected chi connectivity index (χ1v) is 7.22. The molecule has 0 radical (unpaired) electrons. The smallest absolute Gasteiger partial charge is 0.266 e. The van der Waals surface area contributed by atoms with E-state index in [0.29, 0.717) is 9.67 Å². The summed E-state index contributed by atoms with van der Waals surface area (Å²) in [5.74, 6) is 0. The first-order chi connectivity index (χ1) is 10.2. The Kier molecular flexibility index (Phi) is 2.80. The van der Waals surface area contributed by atoms with E-state index >= 15 is 0 Å². The third-order valence-electron chi connectivity index (χ3n) is 3.37. The number of aromatic amines is 2. The van der Waals surface area contributed by atoms with E-state index in [1.807, 2.05) is 24.3 Å². The van der Waals surface area contributed by atoms with Crippen molar-refractivity contribution in [3.8, 4) is 0 Å². The molecule has 2 heterocycles. The van der Waals surface area contributed by atoms with Crippen molar-refractivity contribution in [2.24, 2.45) is 0 Å². The van der Waals surface area contributed by atoms with Gasteiger partial charge in [0.15, 0.2) is 11.2 Å². The summed E-state index contributed by atoms with van der Waals surface area (Å²) in [5.41, 5.74) is 5.74. The average Bonchev–Trinajstić information content (AvgIpc) is 2.98. The van der Waals surface area contributed by atoms with Gasteiger partial charge in [0.05, 0.1) is 11.0 Å². The summed E-state index contributed by atoms with van der Waals surface area (Å²) in [5, 5.41) is 0. The molecular weight excluding hydrogens is 304 g/mol. The fourth-order valence-electron chi connectivity index (χ4n) is 2.45. The number of hydrogen-bond donors (Lipinski definition) is 2. The summed E-state index contributed by atoms with van der Waals surface area (Å²) in [6, 6.07) is 12.0. The second kappa shape index (κ2) is 4.68. The molecule has 0 saturated carbocycles. The Hall–Kier alpha value is -2.18. The van der Waals surface area contributed by atoms with Crippen LogP contribution in [0.5, 0.6) is 0 Å². The SMILES string of the molecule is S=c1[nH]c2cc(Cc3ccc4oc(=S)[nH]c4c3)ccc2o1. The lowest BCUT2D eigenvalue weighted by Crippen LogP contribution is -1.88. The predicted octanol–water partition coefficient (Wildman–Crippen LogP) is 4.88. The summed E-state index contributed by atoms with van der Waals surface area (Å²) in [7, 11) is 0. The molecule has 0 aliphatic heterocycles. The maximum Gasteiger partial charge on any atom is 0.266 e. The van der Waals surface area contributed by atoms with Gasteiger partial charge in [-0.2, -0.15) is 0 Å². The van der Waals surface area contributed by atoms with Crippen molar-refractivity contribution in [2.75, 3.05) is 0 Å². The zero-order valence-corrected chi connectivity index (χ0v) is 12.4. The topological polar surface area (TPSA) is 57.9 Å². The number of rotatable bonds is 2. The predicted molar refractivity (Wildman–Crippen MR) is 85.6 cm³/mol. The Morgan fingerprint density at radius 3 is 1.71 bits per heavy atom. The third-order valence-corrected chi connectivity index (χ3v) is 3.75. The van der Waals surface area contributed by atoms with Crippen molar-refractivity contribution in [1.82, 2.24) is 9.97 Å². The van der Waals surface area contributed by atoms with Crippen LogP contribution < -0.4 is 0 Å². The molecule has 4 aromatic rings. The Bertz CT molecular complexity index is 982. The molecule has 2 aromatic heterocycles. The molecular formula is C15H10N2O2S2. The lowest BCUT2D eigenvalue weighted by molar-refractivity contribution is 0.583. The lowest BCUT2D eigenvalue weighted by Gasteiger charge is -2.02. The van der Waals surface area contributed by atoms with Gasteiger partial charge in [-0.1, -0.05) is 12.1 Å². The van der Waals surface area contributed by atoms with Crippen molar-refractivity contribution in [2.45, 2.75) is 6.42 Å². The highest BCUT2D eigenvalue weighted by atomic mass is 32.1. The van der Waals surface area contributed by atoms with Crippen LogP contribution in [0.25, 0.3) is 22.2 Å². The van der Waals surface area contributed by atoms with Crippen LogP contribution in [-0.4, -0.2) is 9.97 Å². The van der Waals surface area contributed by atoms with Crippen LogP contribution >= 0.6 is 24.4 Å². The van der Waals surface area contributed by atoms with Gasteiger partial charge in [0.25, 0.3) is 9.67 Å². The Balaban J connectivity index is 1.74. The van der Waals surface area contributed by atoms with E-state index in [-0.39, 0.29) is 0 Å². The molecule has 21 heavy (non-hydrogen) atoms. The maximum absolute atomic E-state index is 5.36. The molecule has 0 aliphatic carbocycles. The normalized spacial score (nSPS) is 11.4. The number of nitrogens with one attached hydrogen (secondary N) is 2. The molecule has 0 bridgehead atoms. The Morgan fingerprint density at radius 1 is 0.762 bits per heavy atom. The summed E-state index contributed by atoms with van der Waals surface area (Å²) < 4.78 is 10.7. The minimum absolute atomic E-state index is 0.398. The van der Waals surface area contributed by atoms with E-state index in [4.69, 9.17) is 33.3 Å². The van der Waals surface area contributed by atoms with Gasteiger partial charge in [0, 0.05) is 0 Å². The van der Waals surface area contributed by atoms with Crippen molar-refractivity contribution >= 4 is 46.6 Å². The van der Waals surface area contributed by atoms with Gasteiger partial charge in [0.2, 0.25) is 0 Å². The average molecular weight is 314 g/mol. The Labute approximate surface area is 129 Å². The van der Waals surface area contributed by atoms with Crippen LogP contribution in [0.2, 0.25) is 0 Å². The first-order valence-electron chi connectivity index (χ1n) is 6.41.